The number of nitrogens with one attached hydrogen (secondary N) is 1. The Morgan fingerprint density at radius 1 is 1.13 bits per heavy atom. The predicted octanol–water partition coefficient (Wildman–Crippen LogP) is 4.96. The van der Waals surface area contributed by atoms with Crippen molar-refractivity contribution < 1.29 is 23.9 Å². The van der Waals surface area contributed by atoms with E-state index in [4.69, 9.17) is 21.1 Å². The third-order valence-corrected chi connectivity index (χ3v) is 5.20. The molecule has 162 valence electrons. The van der Waals surface area contributed by atoms with Gasteiger partial charge in [0.1, 0.15) is 5.57 Å². The second-order valence-corrected chi connectivity index (χ2v) is 7.78. The molecule has 0 spiro atoms. The van der Waals surface area contributed by atoms with E-state index >= 15 is 0 Å². The first-order valence-corrected chi connectivity index (χ1v) is 10.8. The van der Waals surface area contributed by atoms with Crippen LogP contribution < -0.4 is 19.7 Å². The molecule has 1 heterocycles. The Morgan fingerprint density at radius 3 is 2.55 bits per heavy atom. The van der Waals surface area contributed by atoms with Crippen molar-refractivity contribution >= 4 is 57.1 Å². The highest BCUT2D eigenvalue weighted by Crippen LogP contribution is 2.38. The van der Waals surface area contributed by atoms with E-state index in [9.17, 15) is 14.4 Å². The number of anilines is 1. The lowest BCUT2D eigenvalue weighted by atomic mass is 10.1. The van der Waals surface area contributed by atoms with E-state index in [2.05, 4.69) is 21.2 Å². The number of barbiturate groups is 1. The smallest absolute Gasteiger partial charge is 0.335 e. The maximum Gasteiger partial charge on any atom is 0.335 e. The third kappa shape index (κ3) is 4.91. The molecule has 3 rings (SSSR count). The summed E-state index contributed by atoms with van der Waals surface area (Å²) in [7, 11) is 0. The first-order chi connectivity index (χ1) is 14.9. The van der Waals surface area contributed by atoms with Gasteiger partial charge in [-0.1, -0.05) is 30.7 Å². The number of ether oxygens (including phenoxy) is 2. The fraction of sp³-hybridized carbons (Fsp3) is 0.227. The summed E-state index contributed by atoms with van der Waals surface area (Å²) in [5, 5.41) is 2.39. The Kier molecular flexibility index (Phi) is 7.35. The van der Waals surface area contributed by atoms with Gasteiger partial charge < -0.3 is 9.47 Å². The molecule has 9 heteroatoms. The summed E-state index contributed by atoms with van der Waals surface area (Å²) < 4.78 is 12.0. The minimum atomic E-state index is -0.861. The number of carbonyl (C=O) groups excluding carboxylic acids is 3. The normalized spacial score (nSPS) is 15.3. The highest BCUT2D eigenvalue weighted by Gasteiger charge is 2.37. The van der Waals surface area contributed by atoms with E-state index < -0.39 is 17.8 Å². The summed E-state index contributed by atoms with van der Waals surface area (Å²) in [5.41, 5.74) is 0.492. The van der Waals surface area contributed by atoms with Gasteiger partial charge in [0, 0.05) is 0 Å². The van der Waals surface area contributed by atoms with Gasteiger partial charge in [-0.05, 0) is 65.2 Å². The number of carbonyl (C=O) groups is 3. The summed E-state index contributed by atoms with van der Waals surface area (Å²) in [6.07, 6.45) is 2.22. The van der Waals surface area contributed by atoms with Crippen molar-refractivity contribution in [3.63, 3.8) is 0 Å². The predicted molar refractivity (Wildman–Crippen MR) is 122 cm³/mol. The highest BCUT2D eigenvalue weighted by atomic mass is 79.9. The molecule has 1 N–H and O–H groups in total. The summed E-state index contributed by atoms with van der Waals surface area (Å²) >= 11 is 9.61. The molecule has 31 heavy (non-hydrogen) atoms. The number of hydrogen-bond acceptors (Lipinski definition) is 5. The summed E-state index contributed by atoms with van der Waals surface area (Å²) in [5.74, 6) is -0.557. The van der Waals surface area contributed by atoms with Crippen LogP contribution in [-0.2, 0) is 9.59 Å². The number of rotatable bonds is 7. The minimum absolute atomic E-state index is 0.185. The Balaban J connectivity index is 2.03. The molecular formula is C22H20BrClN2O5. The van der Waals surface area contributed by atoms with E-state index in [1.165, 1.54) is 12.1 Å². The molecule has 1 aliphatic heterocycles. The first-order valence-electron chi connectivity index (χ1n) is 9.62. The molecule has 0 atom stereocenters. The number of amides is 4. The lowest BCUT2D eigenvalue weighted by Crippen LogP contribution is -2.54. The van der Waals surface area contributed by atoms with Crippen LogP contribution >= 0.6 is 27.5 Å². The number of halogens is 2. The van der Waals surface area contributed by atoms with Gasteiger partial charge in [0.15, 0.2) is 11.5 Å². The maximum absolute atomic E-state index is 13.1. The fourth-order valence-electron chi connectivity index (χ4n) is 2.95. The Morgan fingerprint density at radius 2 is 1.87 bits per heavy atom. The van der Waals surface area contributed by atoms with Crippen molar-refractivity contribution in [3.8, 4) is 11.5 Å². The van der Waals surface area contributed by atoms with Crippen LogP contribution in [0.4, 0.5) is 10.5 Å². The molecule has 2 aromatic carbocycles. The average molecular weight is 508 g/mol. The van der Waals surface area contributed by atoms with Gasteiger partial charge in [-0.15, -0.1) is 0 Å². The molecule has 4 amide bonds. The minimum Gasteiger partial charge on any atom is -0.490 e. The van der Waals surface area contributed by atoms with Crippen LogP contribution in [0.5, 0.6) is 11.5 Å². The molecule has 0 bridgehead atoms. The summed E-state index contributed by atoms with van der Waals surface area (Å²) in [4.78, 5) is 38.7. The number of hydrogen-bond donors (Lipinski definition) is 1. The maximum atomic E-state index is 13.1. The van der Waals surface area contributed by atoms with Crippen LogP contribution in [0.15, 0.2) is 46.4 Å². The monoisotopic (exact) mass is 506 g/mol. The Hall–Kier alpha value is -2.84. The van der Waals surface area contributed by atoms with Crippen molar-refractivity contribution in [2.24, 2.45) is 0 Å². The lowest BCUT2D eigenvalue weighted by Gasteiger charge is -2.27. The zero-order chi connectivity index (χ0) is 22.5. The van der Waals surface area contributed by atoms with E-state index in [0.29, 0.717) is 34.7 Å². The van der Waals surface area contributed by atoms with E-state index in [1.807, 2.05) is 13.8 Å². The van der Waals surface area contributed by atoms with Gasteiger partial charge in [0.25, 0.3) is 11.8 Å². The molecule has 0 radical (unpaired) electrons. The zero-order valence-electron chi connectivity index (χ0n) is 16.9. The van der Waals surface area contributed by atoms with Crippen LogP contribution in [0.25, 0.3) is 6.08 Å². The second kappa shape index (κ2) is 9.98. The van der Waals surface area contributed by atoms with E-state index in [1.54, 1.807) is 30.3 Å². The quantitative estimate of drug-likeness (QED) is 0.423. The largest absolute Gasteiger partial charge is 0.490 e. The zero-order valence-corrected chi connectivity index (χ0v) is 19.2. The average Bonchev–Trinajstić information content (AvgIpc) is 2.72. The molecule has 0 saturated carbocycles. The first kappa shape index (κ1) is 22.8. The number of nitrogens with zero attached hydrogens (tertiary/aromatic N) is 1. The Labute approximate surface area is 193 Å². The van der Waals surface area contributed by atoms with Crippen molar-refractivity contribution in [1.29, 1.82) is 0 Å². The summed E-state index contributed by atoms with van der Waals surface area (Å²) in [6, 6.07) is 8.91. The molecule has 1 aliphatic rings. The standard InChI is InChI=1S/C22H20BrClN2O5/c1-3-9-31-19-15(23)11-13(12-18(19)30-4-2)10-14-20(27)25-22(29)26(21(14)28)17-8-6-5-7-16(17)24/h5-8,10-12H,3-4,9H2,1-2H3,(H,25,27,29)/b14-10+. The Bertz CT molecular complexity index is 1070. The van der Waals surface area contributed by atoms with Crippen molar-refractivity contribution in [2.45, 2.75) is 20.3 Å². The van der Waals surface area contributed by atoms with Gasteiger partial charge in [-0.25, -0.2) is 9.69 Å². The SMILES string of the molecule is CCCOc1c(Br)cc(/C=C2\C(=O)NC(=O)N(c3ccccc3Cl)C2=O)cc1OCC. The molecule has 0 unspecified atom stereocenters. The van der Waals surface area contributed by atoms with E-state index in [-0.39, 0.29) is 16.3 Å². The summed E-state index contributed by atoms with van der Waals surface area (Å²) in [6.45, 7) is 4.75. The number of benzene rings is 2. The molecule has 7 nitrogen and oxygen atoms in total. The van der Waals surface area contributed by atoms with Gasteiger partial charge in [-0.2, -0.15) is 0 Å². The number of para-hydroxylation sites is 1. The number of imide groups is 2. The van der Waals surface area contributed by atoms with Crippen molar-refractivity contribution in [2.75, 3.05) is 18.1 Å². The van der Waals surface area contributed by atoms with Crippen molar-refractivity contribution in [3.05, 3.63) is 57.0 Å². The lowest BCUT2D eigenvalue weighted by molar-refractivity contribution is -0.122. The molecule has 1 saturated heterocycles. The van der Waals surface area contributed by atoms with Crippen LogP contribution in [0.2, 0.25) is 5.02 Å². The van der Waals surface area contributed by atoms with E-state index in [0.717, 1.165) is 11.3 Å². The van der Waals surface area contributed by atoms with Crippen LogP contribution in [0, 0.1) is 0 Å². The topological polar surface area (TPSA) is 84.9 Å². The van der Waals surface area contributed by atoms with Gasteiger partial charge in [-0.3, -0.25) is 14.9 Å². The molecule has 1 fully saturated rings. The van der Waals surface area contributed by atoms with Gasteiger partial charge in [0.2, 0.25) is 0 Å². The van der Waals surface area contributed by atoms with Gasteiger partial charge in [0.05, 0.1) is 28.4 Å². The van der Waals surface area contributed by atoms with Crippen LogP contribution in [-0.4, -0.2) is 31.1 Å². The second-order valence-electron chi connectivity index (χ2n) is 6.52. The highest BCUT2D eigenvalue weighted by molar-refractivity contribution is 9.10. The van der Waals surface area contributed by atoms with Crippen LogP contribution in [0.3, 0.4) is 0 Å². The molecule has 0 aliphatic carbocycles. The van der Waals surface area contributed by atoms with Crippen molar-refractivity contribution in [1.82, 2.24) is 5.32 Å². The molecular weight excluding hydrogens is 488 g/mol. The van der Waals surface area contributed by atoms with Gasteiger partial charge >= 0.3 is 6.03 Å². The number of urea groups is 1. The molecule has 0 aromatic heterocycles. The molecule has 2 aromatic rings. The third-order valence-electron chi connectivity index (χ3n) is 4.29. The van der Waals surface area contributed by atoms with Crippen LogP contribution in [0.1, 0.15) is 25.8 Å². The fourth-order valence-corrected chi connectivity index (χ4v) is 3.75.